The molecule has 0 saturated carbocycles. The van der Waals surface area contributed by atoms with Gasteiger partial charge >= 0.3 is 70.5 Å². The molecule has 0 spiro atoms. The summed E-state index contributed by atoms with van der Waals surface area (Å²) in [5, 5.41) is 29.4. The molecule has 0 radical (unpaired) electrons. The molecule has 3 atom stereocenters. The summed E-state index contributed by atoms with van der Waals surface area (Å²) < 4.78 is 135. The molecule has 0 aliphatic carbocycles. The van der Waals surface area contributed by atoms with Crippen LogP contribution in [-0.2, 0) is 14.3 Å². The van der Waals surface area contributed by atoms with E-state index >= 15 is 8.78 Å². The topological polar surface area (TPSA) is 261 Å². The zero-order chi connectivity index (χ0) is 101. The smallest absolute Gasteiger partial charge is 0.511 e. The predicted octanol–water partition coefficient (Wildman–Crippen LogP) is 18.9. The third-order valence-electron chi connectivity index (χ3n) is 23.9. The van der Waals surface area contributed by atoms with Crippen molar-refractivity contribution in [1.82, 2.24) is 44.4 Å². The number of carbonyl (C=O) groups excluding carboxylic acids is 3. The molecule has 24 nitrogen and oxygen atoms in total. The number of carbonyl (C=O) groups is 3. The fraction of sp³-hybridized carbons (Fsp3) is 0.369. The van der Waals surface area contributed by atoms with Crippen LogP contribution < -0.4 is 77.3 Å². The van der Waals surface area contributed by atoms with Gasteiger partial charge in [0.25, 0.3) is 0 Å². The molecular weight excluding hydrogens is 1850 g/mol. The average Bonchev–Trinajstić information content (AvgIpc) is 0.794. The maximum absolute atomic E-state index is 15.8. The second kappa shape index (κ2) is 45.6. The number of halogens is 10. The van der Waals surface area contributed by atoms with Crippen molar-refractivity contribution in [3.63, 3.8) is 0 Å². The molecule has 3 fully saturated rings. The molecule has 7 aromatic carbocycles. The Bertz CT molecular complexity index is 6180. The van der Waals surface area contributed by atoms with E-state index < -0.39 is 75.8 Å². The van der Waals surface area contributed by atoms with E-state index in [0.717, 1.165) is 51.6 Å². The van der Waals surface area contributed by atoms with Gasteiger partial charge in [0.05, 0.1) is 39.4 Å². The largest absolute Gasteiger partial charge is 1.00 e. The molecule has 3 saturated heterocycles. The standard InChI is InChI=1S/C32H37F2N5O3.C30H31F2N5O2.C26H33ClFN5O2.C9H13N.C6H4BF4O.K/c1-19(2)21-10-7-8-12-25(21)39-18-35-29(38-15-14-37(17-20(38)3)31(41)42-32(4,5)6)22-16-24(34)28(36-30(22)39)27-23(33)11-9-13-26(27)40;1-5-26(39)35-13-14-36(19(4)16-35)29-21-15-23(32)28(27-22(31)10-8-12-25(27)38)34-30(21)37(17-33-29)24-11-7-6-9-20(24)18(2)3;1-16(2)18-9-7-8-10-21(18)33-15-29-23(19-13-20(28)22(27)30-24(19)33)32-12-11-31(14-17(32)3)25(34)35-26(4,5)6;1-7(2)8-5-3-4-6-9(8)10;8-4-2-1-3-5(12)6(4)7(9,10)11;/h7-13,16,19-20,40H,14-15,17-18H2,1-6H3;5-12,15,18-19,38H,1,13-14,16-17H2,2-4H3;7-10,13,16-17H,11-12,14-15H2,1-6H3;3-7H,10H2,1-2H3;1-3,12H;/q;;;;-1;+1/t20-;19-;17-;;;/m000.../s1. The Labute approximate surface area is 853 Å². The van der Waals surface area contributed by atoms with Crippen molar-refractivity contribution in [2.24, 2.45) is 15.0 Å². The van der Waals surface area contributed by atoms with Crippen molar-refractivity contribution in [2.75, 3.05) is 99.3 Å². The van der Waals surface area contributed by atoms with Crippen LogP contribution in [0.25, 0.3) is 22.5 Å². The number of hydrogen-bond acceptors (Lipinski definition) is 21. The van der Waals surface area contributed by atoms with Gasteiger partial charge in [-0.05, 0) is 199 Å². The number of hydrogen-bond donors (Lipinski definition) is 4. The number of aromatic hydroxyl groups is 3. The second-order valence-corrected chi connectivity index (χ2v) is 37.9. The first-order valence-corrected chi connectivity index (χ1v) is 46.2. The number of para-hydroxylation sites is 4. The van der Waals surface area contributed by atoms with Crippen LogP contribution >= 0.6 is 11.6 Å². The van der Waals surface area contributed by atoms with Crippen LogP contribution in [0.5, 0.6) is 17.2 Å². The van der Waals surface area contributed by atoms with Gasteiger partial charge < -0.3 is 87.6 Å². The number of nitrogens with two attached hydrogens (primary N) is 1. The fourth-order valence-electron chi connectivity index (χ4n) is 17.2. The molecule has 0 bridgehead atoms. The number of benzene rings is 7. The Morgan fingerprint density at radius 3 is 1.06 bits per heavy atom. The number of rotatable bonds is 11. The number of phenolic OH excluding ortho intramolecular Hbond substituents is 3. The number of nitrogens with zero attached hydrogens (tertiary/aromatic N) is 15. The third-order valence-corrected chi connectivity index (χ3v) is 24.1. The van der Waals surface area contributed by atoms with Gasteiger partial charge in [0.2, 0.25) is 5.91 Å². The number of fused-ring (bicyclic) bond motifs is 3. The number of piperazine rings is 3. The number of pyridine rings is 3. The maximum atomic E-state index is 15.8. The summed E-state index contributed by atoms with van der Waals surface area (Å²) in [6.45, 7) is 37.0. The molecule has 16 rings (SSSR count). The SMILES string of the molecule is C=CC(=O)N1CCN(C2=NCN(c3ccccc3C(C)C)c3nc(-c4c(O)cccc4F)c(F)cc32)[C@@H](C)C1.CC(C)c1ccccc1N.CC(C)c1ccccc1N1CN=C(N2CCN(C(=O)OC(C)(C)C)C[C@@H]2C)c2cc(F)c(-c3c(O)cccc3F)nc21.CC(C)c1ccccc1N1CN=C(N2CCN(C(=O)OC(C)(C)C)C[C@@H]2C)c2cc(F)c(Cl)nc21.Oc1cccc(F)c1[B-](F)(F)F.[K+]. The third kappa shape index (κ3) is 25.1. The van der Waals surface area contributed by atoms with Gasteiger partial charge in [-0.2, -0.15) is 0 Å². The van der Waals surface area contributed by atoms with Crippen LogP contribution in [0.4, 0.5) is 89.1 Å². The normalized spacial score (nSPS) is 16.5. The molecule has 9 heterocycles. The number of nitrogen functional groups attached to an aromatic ring is 1. The van der Waals surface area contributed by atoms with Crippen LogP contribution in [0.15, 0.2) is 197 Å². The first kappa shape index (κ1) is 108. The summed E-state index contributed by atoms with van der Waals surface area (Å²) >= 11 is 6.15. The van der Waals surface area contributed by atoms with Gasteiger partial charge in [-0.3, -0.25) is 4.79 Å². The number of phenols is 3. The summed E-state index contributed by atoms with van der Waals surface area (Å²) in [4.78, 5) is 83.1. The van der Waals surface area contributed by atoms with Gasteiger partial charge in [-0.15, -0.1) is 0 Å². The number of aromatic nitrogens is 3. The molecule has 3 aromatic heterocycles. The Hall–Kier alpha value is -11.9. The van der Waals surface area contributed by atoms with Crippen molar-refractivity contribution in [2.45, 2.75) is 171 Å². The van der Waals surface area contributed by atoms with E-state index in [2.05, 4.69) is 98.9 Å². The van der Waals surface area contributed by atoms with E-state index in [-0.39, 0.29) is 146 Å². The first-order chi connectivity index (χ1) is 65.2. The van der Waals surface area contributed by atoms with Crippen LogP contribution in [0.2, 0.25) is 5.15 Å². The molecule has 6 aliphatic heterocycles. The number of amidine groups is 3. The zero-order valence-electron chi connectivity index (χ0n) is 81.5. The molecule has 139 heavy (non-hydrogen) atoms. The van der Waals surface area contributed by atoms with Crippen LogP contribution in [0, 0.1) is 34.9 Å². The van der Waals surface area contributed by atoms with Gasteiger partial charge in [0, 0.05) is 99.8 Å². The minimum absolute atomic E-state index is 0. The Kier molecular flexibility index (Phi) is 35.3. The summed E-state index contributed by atoms with van der Waals surface area (Å²) in [7, 11) is 0. The zero-order valence-corrected chi connectivity index (χ0v) is 85.4. The van der Waals surface area contributed by atoms with Crippen molar-refractivity contribution in [1.29, 1.82) is 0 Å². The first-order valence-electron chi connectivity index (χ1n) is 45.8. The molecule has 6 aliphatic rings. The quantitative estimate of drug-likeness (QED) is 0.0308. The molecule has 36 heteroatoms. The van der Waals surface area contributed by atoms with E-state index in [1.165, 1.54) is 66.2 Å². The molecule has 5 N–H and O–H groups in total. The maximum Gasteiger partial charge on any atom is 1.00 e. The van der Waals surface area contributed by atoms with E-state index in [1.807, 2.05) is 167 Å². The molecule has 10 aromatic rings. The van der Waals surface area contributed by atoms with E-state index in [0.29, 0.717) is 129 Å². The van der Waals surface area contributed by atoms with Crippen LogP contribution in [0.1, 0.15) is 180 Å². The van der Waals surface area contributed by atoms with Crippen LogP contribution in [-0.4, -0.2) is 210 Å². The fourth-order valence-corrected chi connectivity index (χ4v) is 17.4. The van der Waals surface area contributed by atoms with E-state index in [9.17, 15) is 55.1 Å². The minimum Gasteiger partial charge on any atom is -0.511 e. The van der Waals surface area contributed by atoms with Crippen molar-refractivity contribution < 1.29 is 130 Å². The van der Waals surface area contributed by atoms with Gasteiger partial charge in [0.15, 0.2) is 22.6 Å². The summed E-state index contributed by atoms with van der Waals surface area (Å²) in [5.74, 6) is -2.71. The number of aliphatic imine (C=N–C) groups is 3. The predicted molar refractivity (Wildman–Crippen MR) is 527 cm³/mol. The molecule has 3 amide bonds. The van der Waals surface area contributed by atoms with E-state index in [4.69, 9.17) is 46.9 Å². The van der Waals surface area contributed by atoms with Crippen molar-refractivity contribution in [3.05, 3.63) is 262 Å². The average molecular weight is 1960 g/mol. The Balaban J connectivity index is 0.000000179. The van der Waals surface area contributed by atoms with E-state index in [1.54, 1.807) is 14.7 Å². The molecular formula is C103H118BClF9KN16O8. The molecule has 732 valence electrons. The number of anilines is 7. The summed E-state index contributed by atoms with van der Waals surface area (Å²) in [6, 6.07) is 45.8. The summed E-state index contributed by atoms with van der Waals surface area (Å²) in [5.41, 5.74) is 11.5. The Morgan fingerprint density at radius 2 is 0.755 bits per heavy atom. The van der Waals surface area contributed by atoms with Gasteiger partial charge in [-0.25, -0.2) is 65.9 Å². The van der Waals surface area contributed by atoms with Gasteiger partial charge in [0.1, 0.15) is 101 Å². The van der Waals surface area contributed by atoms with Crippen molar-refractivity contribution in [3.8, 4) is 39.8 Å². The monoisotopic (exact) mass is 1960 g/mol. The van der Waals surface area contributed by atoms with Crippen molar-refractivity contribution >= 4 is 99.8 Å². The van der Waals surface area contributed by atoms with Gasteiger partial charge in [-0.1, -0.05) is 165 Å². The Morgan fingerprint density at radius 1 is 0.439 bits per heavy atom. The molecule has 0 unspecified atom stereocenters. The number of amides is 3. The second-order valence-electron chi connectivity index (χ2n) is 37.6. The van der Waals surface area contributed by atoms with Crippen LogP contribution in [0.3, 0.4) is 0 Å². The number of ether oxygens (including phenoxy) is 2. The minimum atomic E-state index is -5.48. The summed E-state index contributed by atoms with van der Waals surface area (Å²) in [6.07, 6.45) is 0.600.